The van der Waals surface area contributed by atoms with Crippen LogP contribution in [-0.2, 0) is 0 Å². The van der Waals surface area contributed by atoms with Gasteiger partial charge in [-0.1, -0.05) is 0 Å². The van der Waals surface area contributed by atoms with E-state index in [0.717, 1.165) is 11.5 Å². The van der Waals surface area contributed by atoms with E-state index in [9.17, 15) is 4.79 Å². The second-order valence-corrected chi connectivity index (χ2v) is 4.72. The van der Waals surface area contributed by atoms with Crippen LogP contribution in [0.1, 0.15) is 13.8 Å². The summed E-state index contributed by atoms with van der Waals surface area (Å²) in [7, 11) is 0. The number of carbonyl (C=O) groups is 1. The molecule has 2 heterocycles. The summed E-state index contributed by atoms with van der Waals surface area (Å²) < 4.78 is 0. The highest BCUT2D eigenvalue weighted by molar-refractivity contribution is 7.99. The highest BCUT2D eigenvalue weighted by Crippen LogP contribution is 2.39. The van der Waals surface area contributed by atoms with Crippen LogP contribution in [0.2, 0.25) is 0 Å². The zero-order valence-corrected chi connectivity index (χ0v) is 7.55. The number of amides is 2. The van der Waals surface area contributed by atoms with Gasteiger partial charge in [-0.15, -0.1) is 0 Å². The normalized spacial score (nSPS) is 48.4. The number of hydrogen-bond acceptors (Lipinski definition) is 2. The van der Waals surface area contributed by atoms with E-state index >= 15 is 0 Å². The number of thioether (sulfide) groups is 1. The average Bonchev–Trinajstić information content (AvgIpc) is 2.16. The molecule has 2 fully saturated rings. The van der Waals surface area contributed by atoms with Crippen LogP contribution >= 0.6 is 11.8 Å². The van der Waals surface area contributed by atoms with Gasteiger partial charge in [-0.3, -0.25) is 0 Å². The topological polar surface area (TPSA) is 41.1 Å². The zero-order chi connectivity index (χ0) is 8.11. The Labute approximate surface area is 70.3 Å². The first-order valence-corrected chi connectivity index (χ1v) is 4.89. The summed E-state index contributed by atoms with van der Waals surface area (Å²) in [4.78, 5) is 11.0. The Morgan fingerprint density at radius 3 is 2.18 bits per heavy atom. The van der Waals surface area contributed by atoms with Gasteiger partial charge in [0.05, 0.1) is 11.1 Å². The first kappa shape index (κ1) is 7.28. The minimum atomic E-state index is -0.0330. The van der Waals surface area contributed by atoms with Gasteiger partial charge in [0.1, 0.15) is 0 Å². The van der Waals surface area contributed by atoms with Gasteiger partial charge in [-0.05, 0) is 13.8 Å². The highest BCUT2D eigenvalue weighted by atomic mass is 32.2. The van der Waals surface area contributed by atoms with Crippen molar-refractivity contribution in [3.8, 4) is 0 Å². The van der Waals surface area contributed by atoms with Crippen LogP contribution in [0.4, 0.5) is 4.79 Å². The molecule has 0 aromatic heterocycles. The highest BCUT2D eigenvalue weighted by Gasteiger charge is 2.55. The van der Waals surface area contributed by atoms with Gasteiger partial charge in [0, 0.05) is 11.5 Å². The lowest BCUT2D eigenvalue weighted by atomic mass is 9.85. The zero-order valence-electron chi connectivity index (χ0n) is 6.73. The van der Waals surface area contributed by atoms with Crippen LogP contribution in [-0.4, -0.2) is 28.6 Å². The van der Waals surface area contributed by atoms with Crippen LogP contribution < -0.4 is 10.6 Å². The lowest BCUT2D eigenvalue weighted by molar-refractivity contribution is 0.245. The van der Waals surface area contributed by atoms with Crippen LogP contribution in [0.15, 0.2) is 0 Å². The molecule has 62 valence electrons. The van der Waals surface area contributed by atoms with Gasteiger partial charge < -0.3 is 10.6 Å². The Bertz CT molecular complexity index is 200. The van der Waals surface area contributed by atoms with E-state index in [-0.39, 0.29) is 17.1 Å². The quantitative estimate of drug-likeness (QED) is 0.524. The summed E-state index contributed by atoms with van der Waals surface area (Å²) in [6, 6.07) is -0.0182. The van der Waals surface area contributed by atoms with Crippen molar-refractivity contribution in [1.82, 2.24) is 10.6 Å². The molecule has 3 nitrogen and oxygen atoms in total. The Balaban J connectivity index is 2.35. The molecule has 2 aliphatic rings. The number of carbonyl (C=O) groups excluding carboxylic acids is 1. The summed E-state index contributed by atoms with van der Waals surface area (Å²) >= 11 is 1.89. The maximum absolute atomic E-state index is 11.0. The second-order valence-electron chi connectivity index (χ2n) is 3.74. The van der Waals surface area contributed by atoms with Crippen molar-refractivity contribution < 1.29 is 4.79 Å². The van der Waals surface area contributed by atoms with Crippen molar-refractivity contribution in [3.63, 3.8) is 0 Å². The Hall–Kier alpha value is -0.380. The molecule has 2 atom stereocenters. The third-order valence-corrected chi connectivity index (χ3v) is 4.34. The molecule has 2 N–H and O–H groups in total. The van der Waals surface area contributed by atoms with Crippen molar-refractivity contribution in [2.24, 2.45) is 0 Å². The van der Waals surface area contributed by atoms with E-state index in [1.807, 2.05) is 11.8 Å². The SMILES string of the molecule is CC12CSCC1(C)NC(=O)N2. The summed E-state index contributed by atoms with van der Waals surface area (Å²) in [5, 5.41) is 5.92. The minimum absolute atomic E-state index is 0.0182. The molecular weight excluding hydrogens is 160 g/mol. The van der Waals surface area contributed by atoms with E-state index in [1.54, 1.807) is 0 Å². The van der Waals surface area contributed by atoms with E-state index in [4.69, 9.17) is 0 Å². The van der Waals surface area contributed by atoms with Gasteiger partial charge in [0.2, 0.25) is 0 Å². The number of hydrogen-bond donors (Lipinski definition) is 2. The summed E-state index contributed by atoms with van der Waals surface area (Å²) in [5.74, 6) is 2.03. The fourth-order valence-electron chi connectivity index (χ4n) is 1.66. The maximum atomic E-state index is 11.0. The van der Waals surface area contributed by atoms with Gasteiger partial charge in [0.25, 0.3) is 0 Å². The molecule has 11 heavy (non-hydrogen) atoms. The van der Waals surface area contributed by atoms with E-state index in [1.165, 1.54) is 0 Å². The lowest BCUT2D eigenvalue weighted by Crippen LogP contribution is -2.55. The average molecular weight is 172 g/mol. The lowest BCUT2D eigenvalue weighted by Gasteiger charge is -2.30. The predicted molar refractivity (Wildman–Crippen MR) is 45.8 cm³/mol. The first-order valence-electron chi connectivity index (χ1n) is 3.74. The number of nitrogens with one attached hydrogen (secondary N) is 2. The first-order chi connectivity index (χ1) is 5.06. The molecule has 2 amide bonds. The molecule has 2 rings (SSSR count). The van der Waals surface area contributed by atoms with E-state index in [2.05, 4.69) is 24.5 Å². The molecule has 0 radical (unpaired) electrons. The fourth-order valence-corrected chi connectivity index (χ4v) is 3.36. The second kappa shape index (κ2) is 1.86. The van der Waals surface area contributed by atoms with Gasteiger partial charge in [-0.2, -0.15) is 11.8 Å². The molecule has 2 saturated heterocycles. The Kier molecular flexibility index (Phi) is 1.23. The predicted octanol–water partition coefficient (Wildman–Crippen LogP) is 0.563. The molecule has 0 aromatic carbocycles. The van der Waals surface area contributed by atoms with Crippen molar-refractivity contribution in [1.29, 1.82) is 0 Å². The maximum Gasteiger partial charge on any atom is 0.315 e. The van der Waals surface area contributed by atoms with Crippen LogP contribution in [0.25, 0.3) is 0 Å². The Morgan fingerprint density at radius 1 is 1.27 bits per heavy atom. The molecule has 2 unspecified atom stereocenters. The third-order valence-electron chi connectivity index (χ3n) is 2.78. The fraction of sp³-hybridized carbons (Fsp3) is 0.857. The summed E-state index contributed by atoms with van der Waals surface area (Å²) in [6.07, 6.45) is 0. The van der Waals surface area contributed by atoms with E-state index < -0.39 is 0 Å². The van der Waals surface area contributed by atoms with Gasteiger partial charge in [0.15, 0.2) is 0 Å². The largest absolute Gasteiger partial charge is 0.330 e. The molecule has 0 aromatic rings. The summed E-state index contributed by atoms with van der Waals surface area (Å²) in [5.41, 5.74) is -0.0660. The van der Waals surface area contributed by atoms with Crippen molar-refractivity contribution in [3.05, 3.63) is 0 Å². The molecule has 0 bridgehead atoms. The van der Waals surface area contributed by atoms with Gasteiger partial charge in [-0.25, -0.2) is 4.79 Å². The number of fused-ring (bicyclic) bond motifs is 1. The van der Waals surface area contributed by atoms with Crippen molar-refractivity contribution in [2.75, 3.05) is 11.5 Å². The summed E-state index contributed by atoms with van der Waals surface area (Å²) in [6.45, 7) is 4.20. The van der Waals surface area contributed by atoms with Crippen LogP contribution in [0, 0.1) is 0 Å². The molecule has 2 aliphatic heterocycles. The van der Waals surface area contributed by atoms with Gasteiger partial charge >= 0.3 is 6.03 Å². The smallest absolute Gasteiger partial charge is 0.315 e. The molecule has 4 heteroatoms. The van der Waals surface area contributed by atoms with Crippen LogP contribution in [0.5, 0.6) is 0 Å². The number of rotatable bonds is 0. The molecular formula is C7H12N2OS. The molecule has 0 saturated carbocycles. The minimum Gasteiger partial charge on any atom is -0.330 e. The molecule has 0 spiro atoms. The Morgan fingerprint density at radius 2 is 1.73 bits per heavy atom. The van der Waals surface area contributed by atoms with Crippen LogP contribution in [0.3, 0.4) is 0 Å². The monoisotopic (exact) mass is 172 g/mol. The van der Waals surface area contributed by atoms with E-state index in [0.29, 0.717) is 0 Å². The standard InChI is InChI=1S/C7H12N2OS/c1-6-3-11-4-7(6,2)9-5(10)8-6/h3-4H2,1-2H3,(H2,8,9,10). The molecule has 0 aliphatic carbocycles. The van der Waals surface area contributed by atoms with Crippen molar-refractivity contribution in [2.45, 2.75) is 24.9 Å². The number of urea groups is 1. The third kappa shape index (κ3) is 0.788. The van der Waals surface area contributed by atoms with Crippen molar-refractivity contribution >= 4 is 17.8 Å².